The van der Waals surface area contributed by atoms with E-state index in [2.05, 4.69) is 139 Å². The monoisotopic (exact) mass is 820 g/mol. The predicted octanol–water partition coefficient (Wildman–Crippen LogP) is 4.37. The van der Waals surface area contributed by atoms with E-state index in [1.807, 2.05) is 0 Å². The molecule has 0 aromatic heterocycles. The van der Waals surface area contributed by atoms with E-state index >= 15 is 0 Å². The van der Waals surface area contributed by atoms with Gasteiger partial charge >= 0.3 is 26.2 Å². The molecule has 1 unspecified atom stereocenters. The molecule has 0 heterocycles. The van der Waals surface area contributed by atoms with Gasteiger partial charge < -0.3 is 33.7 Å². The van der Waals surface area contributed by atoms with Crippen molar-refractivity contribution in [2.75, 3.05) is 13.2 Å². The van der Waals surface area contributed by atoms with Crippen molar-refractivity contribution in [3.63, 3.8) is 0 Å². The van der Waals surface area contributed by atoms with Crippen molar-refractivity contribution in [1.29, 1.82) is 0 Å². The fourth-order valence-electron chi connectivity index (χ4n) is 9.37. The first kappa shape index (κ1) is 43.1. The van der Waals surface area contributed by atoms with Gasteiger partial charge in [0.15, 0.2) is 16.6 Å². The van der Waals surface area contributed by atoms with E-state index in [9.17, 15) is 0 Å². The minimum atomic E-state index is -1.79. The Kier molecular flexibility index (Phi) is 16.1. The van der Waals surface area contributed by atoms with Gasteiger partial charge in [-0.2, -0.15) is 0 Å². The average Bonchev–Trinajstić information content (AvgIpc) is 3.66. The van der Waals surface area contributed by atoms with E-state index in [1.165, 1.54) is 74.5 Å². The number of fused-ring (bicyclic) bond motifs is 5. The first-order chi connectivity index (χ1) is 23.0. The Bertz CT molecular complexity index is 1670. The molecule has 266 valence electrons. The van der Waals surface area contributed by atoms with Gasteiger partial charge in [0.25, 0.3) is 0 Å². The molecule has 0 saturated heterocycles. The second-order valence-electron chi connectivity index (χ2n) is 14.1. The minimum absolute atomic E-state index is 0. The Morgan fingerprint density at radius 1 is 0.580 bits per heavy atom. The van der Waals surface area contributed by atoms with Crippen molar-refractivity contribution >= 4 is 27.8 Å². The molecule has 1 atom stereocenters. The smallest absolute Gasteiger partial charge is 1.00 e. The molecule has 3 aromatic rings. The molecule has 0 amide bonds. The number of allylic oxidation sites excluding steroid dienone is 4. The van der Waals surface area contributed by atoms with Gasteiger partial charge in [0.1, 0.15) is 0 Å². The summed E-state index contributed by atoms with van der Waals surface area (Å²) in [6.45, 7) is 15.7. The van der Waals surface area contributed by atoms with Crippen LogP contribution in [0.2, 0.25) is 36.3 Å². The molecule has 50 heavy (non-hydrogen) atoms. The third-order valence-corrected chi connectivity index (χ3v) is 21.9. The second-order valence-corrected chi connectivity index (χ2v) is 23.6. The Balaban J connectivity index is 0.00000225. The van der Waals surface area contributed by atoms with Crippen LogP contribution in [0.25, 0.3) is 22.3 Å². The number of benzene rings is 3. The Morgan fingerprint density at radius 3 is 1.50 bits per heavy atom. The summed E-state index contributed by atoms with van der Waals surface area (Å²) >= 11 is 0. The van der Waals surface area contributed by atoms with Gasteiger partial charge in [-0.1, -0.05) is 139 Å². The fourth-order valence-corrected chi connectivity index (χ4v) is 14.7. The van der Waals surface area contributed by atoms with E-state index in [-0.39, 0.29) is 68.3 Å². The summed E-state index contributed by atoms with van der Waals surface area (Å²) in [7, 11) is -3.58. The maximum Gasteiger partial charge on any atom is 2.00 e. The van der Waals surface area contributed by atoms with Crippen LogP contribution in [0.1, 0.15) is 71.4 Å². The summed E-state index contributed by atoms with van der Waals surface area (Å²) in [6, 6.07) is 34.8. The third-order valence-electron chi connectivity index (χ3n) is 12.6. The largest absolute Gasteiger partial charge is 2.00 e. The molecule has 0 aliphatic heterocycles. The van der Waals surface area contributed by atoms with Gasteiger partial charge in [-0.15, -0.1) is 0 Å². The van der Waals surface area contributed by atoms with Crippen molar-refractivity contribution in [1.82, 2.24) is 0 Å². The van der Waals surface area contributed by atoms with E-state index in [0.29, 0.717) is 0 Å². The molecular formula is C43H56Cl2O2Si2Zr. The maximum absolute atomic E-state index is 7.22. The standard InChI is InChI=1S/C43H56O2Si2.2ClH.Zr/c1-7-46(8-2,9-3)44-31-29-43(30-32-45-47(10-4,11-5)12-6,41-37-25-17-13-21-33(37)34-22-14-18-26-38(34)41)42-39-27-19-15-23-35(39)36-24-16-20-28-40(36)42;;;/h13-28,37,42H,7-12,29-32H2,1-6H3;2*1H;/q;;;+2/p-2. The summed E-state index contributed by atoms with van der Waals surface area (Å²) in [4.78, 5) is 0. The molecule has 0 saturated carbocycles. The van der Waals surface area contributed by atoms with Gasteiger partial charge in [-0.05, 0) is 92.9 Å². The van der Waals surface area contributed by atoms with E-state index < -0.39 is 16.6 Å². The molecule has 2 nitrogen and oxygen atoms in total. The quantitative estimate of drug-likeness (QED) is 0.200. The van der Waals surface area contributed by atoms with Crippen LogP contribution in [0.3, 0.4) is 0 Å². The van der Waals surface area contributed by atoms with Gasteiger partial charge in [-0.3, -0.25) is 0 Å². The summed E-state index contributed by atoms with van der Waals surface area (Å²) in [6.07, 6.45) is 11.3. The van der Waals surface area contributed by atoms with Crippen molar-refractivity contribution in [2.24, 2.45) is 11.3 Å². The fraction of sp³-hybridized carbons (Fsp3) is 0.442. The number of rotatable bonds is 16. The summed E-state index contributed by atoms with van der Waals surface area (Å²) in [5.74, 6) is 0.485. The summed E-state index contributed by atoms with van der Waals surface area (Å²) in [5.41, 5.74) is 8.57. The zero-order valence-electron chi connectivity index (χ0n) is 31.0. The molecule has 3 aliphatic carbocycles. The van der Waals surface area contributed by atoms with Crippen molar-refractivity contribution in [2.45, 2.75) is 96.6 Å². The first-order valence-electron chi connectivity index (χ1n) is 18.6. The van der Waals surface area contributed by atoms with E-state index in [1.54, 1.807) is 5.57 Å². The normalized spacial score (nSPS) is 16.2. The van der Waals surface area contributed by atoms with Crippen LogP contribution in [0, 0.1) is 11.3 Å². The molecule has 0 fully saturated rings. The average molecular weight is 823 g/mol. The zero-order valence-corrected chi connectivity index (χ0v) is 37.0. The Labute approximate surface area is 336 Å². The van der Waals surface area contributed by atoms with Gasteiger partial charge in [-0.25, -0.2) is 0 Å². The zero-order chi connectivity index (χ0) is 33.1. The third kappa shape index (κ3) is 7.68. The van der Waals surface area contributed by atoms with Crippen LogP contribution in [0.4, 0.5) is 0 Å². The van der Waals surface area contributed by atoms with Crippen molar-refractivity contribution in [3.8, 4) is 11.1 Å². The first-order valence-corrected chi connectivity index (χ1v) is 23.7. The number of hydrogen-bond donors (Lipinski definition) is 0. The topological polar surface area (TPSA) is 18.5 Å². The Hall–Kier alpha value is -1.30. The second kappa shape index (κ2) is 18.6. The van der Waals surface area contributed by atoms with Gasteiger partial charge in [0.2, 0.25) is 0 Å². The van der Waals surface area contributed by atoms with E-state index in [4.69, 9.17) is 8.85 Å². The van der Waals surface area contributed by atoms with Crippen LogP contribution < -0.4 is 35.3 Å². The molecule has 7 heteroatoms. The Morgan fingerprint density at radius 2 is 1.02 bits per heavy atom. The molecule has 3 aliphatic rings. The number of halogens is 2. The molecule has 0 spiro atoms. The van der Waals surface area contributed by atoms with E-state index in [0.717, 1.165) is 26.1 Å². The van der Waals surface area contributed by atoms with Crippen LogP contribution in [0.5, 0.6) is 0 Å². The molecule has 6 rings (SSSR count). The molecule has 3 aromatic carbocycles. The van der Waals surface area contributed by atoms with Gasteiger partial charge in [0, 0.05) is 30.5 Å². The molecule has 0 N–H and O–H groups in total. The summed E-state index contributed by atoms with van der Waals surface area (Å²) < 4.78 is 14.4. The molecule has 0 bridgehead atoms. The van der Waals surface area contributed by atoms with Crippen molar-refractivity contribution < 1.29 is 59.9 Å². The van der Waals surface area contributed by atoms with Crippen LogP contribution in [-0.2, 0) is 35.1 Å². The van der Waals surface area contributed by atoms with Gasteiger partial charge in [0.05, 0.1) is 0 Å². The maximum atomic E-state index is 7.22. The van der Waals surface area contributed by atoms with Crippen LogP contribution >= 0.6 is 0 Å². The predicted molar refractivity (Wildman–Crippen MR) is 206 cm³/mol. The van der Waals surface area contributed by atoms with Crippen LogP contribution in [0.15, 0.2) is 97.1 Å². The van der Waals surface area contributed by atoms with Crippen LogP contribution in [-0.4, -0.2) is 29.8 Å². The minimum Gasteiger partial charge on any atom is -1.00 e. The number of hydrogen-bond acceptors (Lipinski definition) is 2. The SMILES string of the molecule is CC[Si](CC)(CC)OCCC(CCO[Si](CC)(CC)CC)(C1=c2ccccc2=C2C=CC=CC21)C1c2ccccc2-c2ccccc21.[Cl-].[Cl-].[Zr+2]. The molecular weight excluding hydrogens is 767 g/mol. The summed E-state index contributed by atoms with van der Waals surface area (Å²) in [5, 5.41) is 2.83. The van der Waals surface area contributed by atoms with Crippen molar-refractivity contribution in [3.05, 3.63) is 119 Å². The molecule has 0 radical (unpaired) electrons.